The average Bonchev–Trinajstić information content (AvgIpc) is 2.24. The van der Waals surface area contributed by atoms with Gasteiger partial charge in [0.25, 0.3) is 0 Å². The number of hydrogen-bond acceptors (Lipinski definition) is 2. The molecule has 0 atom stereocenters. The first-order valence-electron chi connectivity index (χ1n) is 5.60. The molecule has 0 aromatic carbocycles. The van der Waals surface area contributed by atoms with Gasteiger partial charge in [-0.05, 0) is 37.1 Å². The average molecular weight is 222 g/mol. The number of aromatic nitrogens is 1. The van der Waals surface area contributed by atoms with Gasteiger partial charge >= 0.3 is 0 Å². The molecule has 0 aliphatic carbocycles. The molecule has 0 saturated heterocycles. The lowest BCUT2D eigenvalue weighted by atomic mass is 10.1. The van der Waals surface area contributed by atoms with Crippen molar-refractivity contribution in [2.24, 2.45) is 0 Å². The normalized spacial score (nSPS) is 12.2. The van der Waals surface area contributed by atoms with Crippen molar-refractivity contribution in [2.45, 2.75) is 33.2 Å². The van der Waals surface area contributed by atoms with Crippen LogP contribution in [0.15, 0.2) is 24.5 Å². The van der Waals surface area contributed by atoms with Crippen LogP contribution in [-0.2, 0) is 0 Å². The molecule has 1 aromatic rings. The summed E-state index contributed by atoms with van der Waals surface area (Å²) in [6.07, 6.45) is 5.95. The zero-order valence-corrected chi connectivity index (χ0v) is 10.1. The molecule has 2 nitrogen and oxygen atoms in total. The number of allylic oxidation sites excluding steroid dienone is 1. The van der Waals surface area contributed by atoms with Gasteiger partial charge in [-0.3, -0.25) is 4.98 Å². The molecular formula is C13H19FN2. The third kappa shape index (κ3) is 4.53. The van der Waals surface area contributed by atoms with E-state index < -0.39 is 0 Å². The molecule has 0 saturated carbocycles. The van der Waals surface area contributed by atoms with Crippen molar-refractivity contribution in [3.63, 3.8) is 0 Å². The van der Waals surface area contributed by atoms with Gasteiger partial charge in [-0.25, -0.2) is 4.39 Å². The minimum Gasteiger partial charge on any atom is -0.314 e. The molecule has 0 fully saturated rings. The molecule has 0 radical (unpaired) electrons. The zero-order chi connectivity index (χ0) is 12.0. The highest BCUT2D eigenvalue weighted by atomic mass is 19.1. The van der Waals surface area contributed by atoms with E-state index in [1.54, 1.807) is 6.20 Å². The molecule has 0 amide bonds. The van der Waals surface area contributed by atoms with Crippen molar-refractivity contribution in [3.8, 4) is 0 Å². The Bertz CT molecular complexity index is 359. The van der Waals surface area contributed by atoms with E-state index >= 15 is 0 Å². The Kier molecular flexibility index (Phi) is 5.12. The monoisotopic (exact) mass is 222 g/mol. The van der Waals surface area contributed by atoms with Crippen molar-refractivity contribution in [1.82, 2.24) is 10.3 Å². The van der Waals surface area contributed by atoms with Crippen LogP contribution in [0.25, 0.3) is 5.57 Å². The minimum absolute atomic E-state index is 0.287. The maximum atomic E-state index is 12.9. The fraction of sp³-hybridized carbons (Fsp3) is 0.462. The van der Waals surface area contributed by atoms with Gasteiger partial charge in [-0.1, -0.05) is 19.9 Å². The predicted molar refractivity (Wildman–Crippen MR) is 65.6 cm³/mol. The molecule has 0 aliphatic rings. The van der Waals surface area contributed by atoms with Crippen LogP contribution in [0.2, 0.25) is 0 Å². The molecule has 0 aliphatic heterocycles. The molecule has 0 spiro atoms. The molecule has 3 heteroatoms. The Morgan fingerprint density at radius 3 is 2.88 bits per heavy atom. The van der Waals surface area contributed by atoms with Crippen LogP contribution in [0.4, 0.5) is 4.39 Å². The number of nitrogens with one attached hydrogen (secondary N) is 1. The van der Waals surface area contributed by atoms with Crippen LogP contribution in [0.1, 0.15) is 32.8 Å². The van der Waals surface area contributed by atoms with E-state index in [-0.39, 0.29) is 5.82 Å². The van der Waals surface area contributed by atoms with Crippen molar-refractivity contribution < 1.29 is 4.39 Å². The van der Waals surface area contributed by atoms with Crippen molar-refractivity contribution >= 4 is 5.57 Å². The fourth-order valence-corrected chi connectivity index (χ4v) is 1.41. The van der Waals surface area contributed by atoms with Crippen molar-refractivity contribution in [2.75, 3.05) is 6.54 Å². The van der Waals surface area contributed by atoms with Gasteiger partial charge in [-0.15, -0.1) is 0 Å². The second-order valence-electron chi connectivity index (χ2n) is 4.18. The highest BCUT2D eigenvalue weighted by molar-refractivity contribution is 5.62. The molecule has 0 bridgehead atoms. The van der Waals surface area contributed by atoms with Crippen LogP contribution in [0.5, 0.6) is 0 Å². The molecule has 0 unspecified atom stereocenters. The lowest BCUT2D eigenvalue weighted by Crippen LogP contribution is -2.23. The standard InChI is InChI=1S/C13H19FN2/c1-10(2)16-6-4-5-11(3)12-7-13(14)9-15-8-12/h5,7-10,16H,4,6H2,1-3H3. The maximum absolute atomic E-state index is 12.9. The highest BCUT2D eigenvalue weighted by Gasteiger charge is 1.98. The van der Waals surface area contributed by atoms with E-state index in [1.165, 1.54) is 12.3 Å². The van der Waals surface area contributed by atoms with Crippen molar-refractivity contribution in [1.29, 1.82) is 0 Å². The molecule has 1 heterocycles. The van der Waals surface area contributed by atoms with E-state index in [0.717, 1.165) is 24.1 Å². The SMILES string of the molecule is CC(=CCCNC(C)C)c1cncc(F)c1. The molecule has 16 heavy (non-hydrogen) atoms. The third-order valence-corrected chi connectivity index (χ3v) is 2.31. The number of nitrogens with zero attached hydrogens (tertiary/aromatic N) is 1. The zero-order valence-electron chi connectivity index (χ0n) is 10.1. The van der Waals surface area contributed by atoms with E-state index in [2.05, 4.69) is 30.2 Å². The maximum Gasteiger partial charge on any atom is 0.142 e. The Balaban J connectivity index is 2.50. The van der Waals surface area contributed by atoms with Gasteiger partial charge < -0.3 is 5.32 Å². The smallest absolute Gasteiger partial charge is 0.142 e. The molecule has 88 valence electrons. The minimum atomic E-state index is -0.287. The second kappa shape index (κ2) is 6.38. The molecule has 1 aromatic heterocycles. The van der Waals surface area contributed by atoms with E-state index in [0.29, 0.717) is 6.04 Å². The first kappa shape index (κ1) is 12.8. The van der Waals surface area contributed by atoms with E-state index in [1.807, 2.05) is 6.92 Å². The molecule has 1 N–H and O–H groups in total. The summed E-state index contributed by atoms with van der Waals surface area (Å²) in [5, 5.41) is 3.33. The molecular weight excluding hydrogens is 203 g/mol. The van der Waals surface area contributed by atoms with Crippen LogP contribution >= 0.6 is 0 Å². The van der Waals surface area contributed by atoms with Crippen LogP contribution < -0.4 is 5.32 Å². The number of pyridine rings is 1. The van der Waals surface area contributed by atoms with Gasteiger partial charge in [0.05, 0.1) is 6.20 Å². The quantitative estimate of drug-likeness (QED) is 0.775. The summed E-state index contributed by atoms with van der Waals surface area (Å²) in [4.78, 5) is 3.83. The Morgan fingerprint density at radius 2 is 2.25 bits per heavy atom. The van der Waals surface area contributed by atoms with Gasteiger partial charge in [0, 0.05) is 12.2 Å². The Morgan fingerprint density at radius 1 is 1.50 bits per heavy atom. The van der Waals surface area contributed by atoms with Gasteiger partial charge in [0.15, 0.2) is 0 Å². The lowest BCUT2D eigenvalue weighted by Gasteiger charge is -2.06. The molecule has 1 rings (SSSR count). The number of hydrogen-bond donors (Lipinski definition) is 1. The summed E-state index contributed by atoms with van der Waals surface area (Å²) in [5.41, 5.74) is 1.92. The number of halogens is 1. The topological polar surface area (TPSA) is 24.9 Å². The summed E-state index contributed by atoms with van der Waals surface area (Å²) >= 11 is 0. The van der Waals surface area contributed by atoms with Gasteiger partial charge in [0.2, 0.25) is 0 Å². The largest absolute Gasteiger partial charge is 0.314 e. The predicted octanol–water partition coefficient (Wildman–Crippen LogP) is 3.01. The van der Waals surface area contributed by atoms with Gasteiger partial charge in [-0.2, -0.15) is 0 Å². The van der Waals surface area contributed by atoms with E-state index in [4.69, 9.17) is 0 Å². The highest BCUT2D eigenvalue weighted by Crippen LogP contribution is 2.13. The van der Waals surface area contributed by atoms with E-state index in [9.17, 15) is 4.39 Å². The van der Waals surface area contributed by atoms with Gasteiger partial charge in [0.1, 0.15) is 5.82 Å². The summed E-state index contributed by atoms with van der Waals surface area (Å²) in [6.45, 7) is 7.16. The number of rotatable bonds is 5. The second-order valence-corrected chi connectivity index (χ2v) is 4.18. The Labute approximate surface area is 96.6 Å². The van der Waals surface area contributed by atoms with Crippen LogP contribution in [0.3, 0.4) is 0 Å². The lowest BCUT2D eigenvalue weighted by molar-refractivity contribution is 0.595. The fourth-order valence-electron chi connectivity index (χ4n) is 1.41. The first-order valence-corrected chi connectivity index (χ1v) is 5.60. The summed E-state index contributed by atoms with van der Waals surface area (Å²) in [5.74, 6) is -0.287. The first-order chi connectivity index (χ1) is 7.59. The van der Waals surface area contributed by atoms with Crippen LogP contribution in [-0.4, -0.2) is 17.6 Å². The van der Waals surface area contributed by atoms with Crippen LogP contribution in [0, 0.1) is 5.82 Å². The summed E-state index contributed by atoms with van der Waals surface area (Å²) in [7, 11) is 0. The third-order valence-electron chi connectivity index (χ3n) is 2.31. The Hall–Kier alpha value is -1.22. The summed E-state index contributed by atoms with van der Waals surface area (Å²) in [6, 6.07) is 2.01. The van der Waals surface area contributed by atoms with Crippen molar-refractivity contribution in [3.05, 3.63) is 35.9 Å². The summed E-state index contributed by atoms with van der Waals surface area (Å²) < 4.78 is 12.9.